The molecule has 0 bridgehead atoms. The second-order valence-electron chi connectivity index (χ2n) is 8.18. The van der Waals surface area contributed by atoms with Gasteiger partial charge in [-0.25, -0.2) is 0 Å². The van der Waals surface area contributed by atoms with Crippen molar-refractivity contribution in [1.29, 1.82) is 0 Å². The van der Waals surface area contributed by atoms with E-state index in [1.165, 1.54) is 31.2 Å². The van der Waals surface area contributed by atoms with Gasteiger partial charge in [-0.05, 0) is 61.8 Å². The van der Waals surface area contributed by atoms with Crippen molar-refractivity contribution < 1.29 is 4.79 Å². The van der Waals surface area contributed by atoms with E-state index in [0.717, 1.165) is 44.4 Å². The molecule has 1 amide bonds. The van der Waals surface area contributed by atoms with Crippen LogP contribution >= 0.6 is 24.0 Å². The molecule has 156 valence electrons. The fourth-order valence-electron chi connectivity index (χ4n) is 4.70. The summed E-state index contributed by atoms with van der Waals surface area (Å²) in [5.74, 6) is 2.58. The first-order valence-electron chi connectivity index (χ1n) is 10.4. The zero-order valence-corrected chi connectivity index (χ0v) is 19.3. The highest BCUT2D eigenvalue weighted by molar-refractivity contribution is 14.0. The number of nitrogens with two attached hydrogens (primary N) is 1. The number of nitrogens with one attached hydrogen (secondary N) is 1. The van der Waals surface area contributed by atoms with E-state index in [2.05, 4.69) is 45.5 Å². The first-order valence-corrected chi connectivity index (χ1v) is 10.4. The number of halogens is 1. The number of carbonyl (C=O) groups excluding carboxylic acids is 1. The molecular formula is C22H35IN4O. The molecule has 0 aromatic heterocycles. The monoisotopic (exact) mass is 498 g/mol. The Morgan fingerprint density at radius 3 is 2.50 bits per heavy atom. The summed E-state index contributed by atoms with van der Waals surface area (Å²) in [5, 5.41) is 3.60. The molecule has 1 aromatic rings. The number of nitrogens with zero attached hydrogens (tertiary/aromatic N) is 2. The molecule has 1 unspecified atom stereocenters. The van der Waals surface area contributed by atoms with Crippen LogP contribution in [0.25, 0.3) is 0 Å². The number of rotatable bonds is 5. The Kier molecular flexibility index (Phi) is 9.55. The van der Waals surface area contributed by atoms with Crippen molar-refractivity contribution in [3.63, 3.8) is 0 Å². The minimum absolute atomic E-state index is 0. The van der Waals surface area contributed by atoms with Gasteiger partial charge in [-0.3, -0.25) is 9.79 Å². The van der Waals surface area contributed by atoms with Crippen LogP contribution in [0, 0.1) is 11.8 Å². The molecule has 3 rings (SSSR count). The van der Waals surface area contributed by atoms with Crippen LogP contribution in [-0.4, -0.2) is 43.4 Å². The highest BCUT2D eigenvalue weighted by Crippen LogP contribution is 2.35. The van der Waals surface area contributed by atoms with Gasteiger partial charge in [0.1, 0.15) is 0 Å². The second-order valence-corrected chi connectivity index (χ2v) is 8.18. The summed E-state index contributed by atoms with van der Waals surface area (Å²) in [6, 6.07) is 10.9. The van der Waals surface area contributed by atoms with Crippen LogP contribution in [-0.2, 0) is 4.79 Å². The quantitative estimate of drug-likeness (QED) is 0.369. The number of amides is 1. The molecular weight excluding hydrogens is 463 g/mol. The topological polar surface area (TPSA) is 70.7 Å². The van der Waals surface area contributed by atoms with Crippen LogP contribution in [0.1, 0.15) is 56.4 Å². The molecule has 1 heterocycles. The molecule has 1 aliphatic heterocycles. The predicted octanol–water partition coefficient (Wildman–Crippen LogP) is 3.74. The summed E-state index contributed by atoms with van der Waals surface area (Å²) in [7, 11) is 1.85. The second kappa shape index (κ2) is 11.6. The highest BCUT2D eigenvalue weighted by Gasteiger charge is 2.25. The highest BCUT2D eigenvalue weighted by atomic mass is 127. The van der Waals surface area contributed by atoms with Gasteiger partial charge in [0.05, 0.1) is 0 Å². The largest absolute Gasteiger partial charge is 0.370 e. The molecule has 1 aliphatic carbocycles. The van der Waals surface area contributed by atoms with Crippen molar-refractivity contribution in [2.24, 2.45) is 22.6 Å². The molecule has 28 heavy (non-hydrogen) atoms. The van der Waals surface area contributed by atoms with Gasteiger partial charge in [-0.15, -0.1) is 24.0 Å². The molecule has 2 aliphatic rings. The lowest BCUT2D eigenvalue weighted by Crippen LogP contribution is -2.48. The number of piperidine rings is 1. The Balaban J connectivity index is 0.00000280. The number of benzene rings is 1. The van der Waals surface area contributed by atoms with Gasteiger partial charge in [0, 0.05) is 33.1 Å². The Morgan fingerprint density at radius 1 is 1.14 bits per heavy atom. The van der Waals surface area contributed by atoms with Crippen LogP contribution < -0.4 is 11.1 Å². The van der Waals surface area contributed by atoms with E-state index in [1.54, 1.807) is 0 Å². The van der Waals surface area contributed by atoms with E-state index >= 15 is 0 Å². The fourth-order valence-corrected chi connectivity index (χ4v) is 4.70. The number of hydrogen-bond acceptors (Lipinski definition) is 2. The van der Waals surface area contributed by atoms with Crippen LogP contribution in [0.2, 0.25) is 0 Å². The smallest absolute Gasteiger partial charge is 0.217 e. The summed E-state index contributed by atoms with van der Waals surface area (Å²) < 4.78 is 0. The zero-order valence-electron chi connectivity index (χ0n) is 17.0. The Bertz CT molecular complexity index is 629. The first-order chi connectivity index (χ1) is 13.2. The average Bonchev–Trinajstić information content (AvgIpc) is 2.69. The lowest BCUT2D eigenvalue weighted by molar-refractivity contribution is -0.119. The van der Waals surface area contributed by atoms with Crippen molar-refractivity contribution in [2.75, 3.05) is 26.7 Å². The summed E-state index contributed by atoms with van der Waals surface area (Å²) in [5.41, 5.74) is 6.88. The molecule has 1 saturated heterocycles. The predicted molar refractivity (Wildman–Crippen MR) is 126 cm³/mol. The Hall–Kier alpha value is -1.31. The van der Waals surface area contributed by atoms with Crippen LogP contribution in [0.3, 0.4) is 0 Å². The lowest BCUT2D eigenvalue weighted by Gasteiger charge is -2.36. The van der Waals surface area contributed by atoms with Crippen molar-refractivity contribution >= 4 is 35.8 Å². The molecule has 6 heteroatoms. The first kappa shape index (κ1) is 23.0. The van der Waals surface area contributed by atoms with Crippen molar-refractivity contribution in [1.82, 2.24) is 10.2 Å². The van der Waals surface area contributed by atoms with Gasteiger partial charge in [0.25, 0.3) is 0 Å². The number of carbonyl (C=O) groups is 1. The number of hydrogen-bond donors (Lipinski definition) is 2. The van der Waals surface area contributed by atoms with E-state index < -0.39 is 0 Å². The normalized spacial score (nSPS) is 25.7. The summed E-state index contributed by atoms with van der Waals surface area (Å²) in [4.78, 5) is 18.0. The van der Waals surface area contributed by atoms with E-state index in [9.17, 15) is 4.79 Å². The minimum atomic E-state index is -0.194. The third-order valence-electron chi connectivity index (χ3n) is 6.19. The summed E-state index contributed by atoms with van der Waals surface area (Å²) in [6.45, 7) is 2.88. The van der Waals surface area contributed by atoms with Crippen LogP contribution in [0.4, 0.5) is 0 Å². The van der Waals surface area contributed by atoms with Crippen LogP contribution in [0.5, 0.6) is 0 Å². The fraction of sp³-hybridized carbons (Fsp3) is 0.636. The van der Waals surface area contributed by atoms with Gasteiger partial charge in [0.2, 0.25) is 5.91 Å². The molecule has 2 fully saturated rings. The maximum Gasteiger partial charge on any atom is 0.217 e. The summed E-state index contributed by atoms with van der Waals surface area (Å²) >= 11 is 0. The molecule has 1 saturated carbocycles. The number of aliphatic imine (C=N–C) groups is 1. The third-order valence-corrected chi connectivity index (χ3v) is 6.19. The Morgan fingerprint density at radius 2 is 1.86 bits per heavy atom. The zero-order chi connectivity index (χ0) is 19.1. The number of guanidine groups is 1. The molecule has 3 N–H and O–H groups in total. The molecule has 1 atom stereocenters. The average molecular weight is 498 g/mol. The molecule has 5 nitrogen and oxygen atoms in total. The van der Waals surface area contributed by atoms with Crippen LogP contribution in [0.15, 0.2) is 35.3 Å². The number of likely N-dealkylation sites (tertiary alicyclic amines) is 1. The van der Waals surface area contributed by atoms with Gasteiger partial charge in [0.15, 0.2) is 5.96 Å². The Labute approximate surface area is 186 Å². The van der Waals surface area contributed by atoms with E-state index in [0.29, 0.717) is 18.3 Å². The van der Waals surface area contributed by atoms with E-state index in [1.807, 2.05) is 7.05 Å². The maximum absolute atomic E-state index is 11.2. The van der Waals surface area contributed by atoms with Gasteiger partial charge in [-0.2, -0.15) is 0 Å². The lowest BCUT2D eigenvalue weighted by atomic mass is 9.79. The summed E-state index contributed by atoms with van der Waals surface area (Å²) in [6.07, 6.45) is 7.76. The van der Waals surface area contributed by atoms with Crippen molar-refractivity contribution in [3.8, 4) is 0 Å². The number of primary amides is 1. The molecule has 0 spiro atoms. The molecule has 0 radical (unpaired) electrons. The third kappa shape index (κ3) is 6.64. The van der Waals surface area contributed by atoms with Gasteiger partial charge >= 0.3 is 0 Å². The van der Waals surface area contributed by atoms with Gasteiger partial charge < -0.3 is 16.0 Å². The molecule has 1 aromatic carbocycles. The standard InChI is InChI=1S/C22H34N4O.HI/c1-24-22(26-13-5-6-18(16-26)14-21(23)27)25-15-17-9-11-20(12-10-17)19-7-3-2-4-8-19;/h2-4,7-8,17-18,20H,5-6,9-16H2,1H3,(H2,23,27)(H,24,25);1H. The van der Waals surface area contributed by atoms with E-state index in [-0.39, 0.29) is 29.9 Å². The van der Waals surface area contributed by atoms with E-state index in [4.69, 9.17) is 5.73 Å². The SMILES string of the molecule is CN=C(NCC1CCC(c2ccccc2)CC1)N1CCCC(CC(N)=O)C1.I. The minimum Gasteiger partial charge on any atom is -0.370 e. The maximum atomic E-state index is 11.2. The van der Waals surface area contributed by atoms with Crippen molar-refractivity contribution in [3.05, 3.63) is 35.9 Å². The van der Waals surface area contributed by atoms with Gasteiger partial charge in [-0.1, -0.05) is 30.3 Å². The van der Waals surface area contributed by atoms with Crippen molar-refractivity contribution in [2.45, 2.75) is 50.9 Å².